The molecular weight excluding hydrogens is 200 g/mol. The SMILES string of the molecule is O=c1oc2c(c3ccccc13)C1CCC2C1. The monoisotopic (exact) mass is 212 g/mol. The Hall–Kier alpha value is -1.57. The Kier molecular flexibility index (Phi) is 1.48. The average Bonchev–Trinajstić information content (AvgIpc) is 2.90. The first-order chi connectivity index (χ1) is 7.84. The molecule has 4 rings (SSSR count). The summed E-state index contributed by atoms with van der Waals surface area (Å²) < 4.78 is 5.51. The van der Waals surface area contributed by atoms with Crippen molar-refractivity contribution in [2.75, 3.05) is 0 Å². The number of benzene rings is 1. The lowest BCUT2D eigenvalue weighted by Crippen LogP contribution is -2.08. The van der Waals surface area contributed by atoms with Crippen molar-refractivity contribution >= 4 is 10.8 Å². The van der Waals surface area contributed by atoms with Gasteiger partial charge in [-0.05, 0) is 36.6 Å². The fraction of sp³-hybridized carbons (Fsp3) is 0.357. The van der Waals surface area contributed by atoms with Crippen molar-refractivity contribution in [3.05, 3.63) is 46.0 Å². The Morgan fingerprint density at radius 2 is 1.81 bits per heavy atom. The van der Waals surface area contributed by atoms with Crippen LogP contribution >= 0.6 is 0 Å². The summed E-state index contributed by atoms with van der Waals surface area (Å²) in [5.41, 5.74) is 1.16. The molecule has 0 aliphatic heterocycles. The molecule has 1 aromatic carbocycles. The lowest BCUT2D eigenvalue weighted by atomic mass is 9.93. The maximum Gasteiger partial charge on any atom is 0.343 e. The maximum atomic E-state index is 11.8. The largest absolute Gasteiger partial charge is 0.427 e. The molecule has 2 heteroatoms. The molecule has 2 aliphatic rings. The molecule has 2 atom stereocenters. The highest BCUT2D eigenvalue weighted by atomic mass is 16.4. The van der Waals surface area contributed by atoms with E-state index in [9.17, 15) is 4.79 Å². The smallest absolute Gasteiger partial charge is 0.343 e. The van der Waals surface area contributed by atoms with E-state index in [2.05, 4.69) is 6.07 Å². The third kappa shape index (κ3) is 0.902. The number of hydrogen-bond acceptors (Lipinski definition) is 2. The van der Waals surface area contributed by atoms with Gasteiger partial charge in [-0.3, -0.25) is 0 Å². The van der Waals surface area contributed by atoms with Crippen LogP contribution < -0.4 is 5.63 Å². The molecule has 2 nitrogen and oxygen atoms in total. The summed E-state index contributed by atoms with van der Waals surface area (Å²) in [5.74, 6) is 2.13. The van der Waals surface area contributed by atoms with Crippen LogP contribution in [0.2, 0.25) is 0 Å². The van der Waals surface area contributed by atoms with Crippen LogP contribution in [0.4, 0.5) is 0 Å². The minimum Gasteiger partial charge on any atom is -0.427 e. The molecule has 0 saturated heterocycles. The van der Waals surface area contributed by atoms with E-state index in [1.54, 1.807) is 0 Å². The molecular formula is C14H12O2. The summed E-state index contributed by atoms with van der Waals surface area (Å²) >= 11 is 0. The predicted molar refractivity (Wildman–Crippen MR) is 61.8 cm³/mol. The molecule has 0 spiro atoms. The second kappa shape index (κ2) is 2.76. The summed E-state index contributed by atoms with van der Waals surface area (Å²) in [6, 6.07) is 7.84. The van der Waals surface area contributed by atoms with E-state index in [1.807, 2.05) is 18.2 Å². The average molecular weight is 212 g/mol. The van der Waals surface area contributed by atoms with E-state index < -0.39 is 0 Å². The van der Waals surface area contributed by atoms with Gasteiger partial charge in [0.25, 0.3) is 0 Å². The van der Waals surface area contributed by atoms with E-state index in [0.29, 0.717) is 11.8 Å². The Balaban J connectivity index is 2.20. The lowest BCUT2D eigenvalue weighted by molar-refractivity contribution is 0.432. The highest BCUT2D eigenvalue weighted by molar-refractivity contribution is 5.86. The van der Waals surface area contributed by atoms with Gasteiger partial charge in [-0.15, -0.1) is 0 Å². The second-order valence-electron chi connectivity index (χ2n) is 4.92. The van der Waals surface area contributed by atoms with Gasteiger partial charge in [-0.2, -0.15) is 0 Å². The van der Waals surface area contributed by atoms with Crippen molar-refractivity contribution in [2.45, 2.75) is 31.1 Å². The first kappa shape index (κ1) is 8.57. The molecule has 1 aromatic heterocycles. The van der Waals surface area contributed by atoms with E-state index in [4.69, 9.17) is 4.42 Å². The fourth-order valence-electron chi connectivity index (χ4n) is 3.44. The Morgan fingerprint density at radius 3 is 2.69 bits per heavy atom. The van der Waals surface area contributed by atoms with Gasteiger partial charge in [0.15, 0.2) is 0 Å². The molecule has 1 saturated carbocycles. The van der Waals surface area contributed by atoms with Crippen LogP contribution in [0.1, 0.15) is 42.4 Å². The quantitative estimate of drug-likeness (QED) is 0.671. The first-order valence-electron chi connectivity index (χ1n) is 5.90. The molecule has 1 heterocycles. The van der Waals surface area contributed by atoms with E-state index in [0.717, 1.165) is 16.5 Å². The van der Waals surface area contributed by atoms with Crippen molar-refractivity contribution in [1.29, 1.82) is 0 Å². The molecule has 16 heavy (non-hydrogen) atoms. The zero-order valence-corrected chi connectivity index (χ0v) is 8.90. The molecule has 2 aliphatic carbocycles. The summed E-state index contributed by atoms with van der Waals surface area (Å²) in [6.07, 6.45) is 3.64. The summed E-state index contributed by atoms with van der Waals surface area (Å²) in [5, 5.41) is 1.87. The molecule has 80 valence electrons. The van der Waals surface area contributed by atoms with Gasteiger partial charge < -0.3 is 4.42 Å². The zero-order valence-electron chi connectivity index (χ0n) is 8.90. The van der Waals surface area contributed by atoms with Crippen molar-refractivity contribution in [3.63, 3.8) is 0 Å². The zero-order chi connectivity index (χ0) is 10.7. The maximum absolute atomic E-state index is 11.8. The summed E-state index contributed by atoms with van der Waals surface area (Å²) in [4.78, 5) is 11.8. The minimum atomic E-state index is -0.165. The summed E-state index contributed by atoms with van der Waals surface area (Å²) in [6.45, 7) is 0. The van der Waals surface area contributed by atoms with E-state index >= 15 is 0 Å². The van der Waals surface area contributed by atoms with E-state index in [-0.39, 0.29) is 5.63 Å². The molecule has 0 amide bonds. The van der Waals surface area contributed by atoms with Gasteiger partial charge in [0.05, 0.1) is 5.39 Å². The van der Waals surface area contributed by atoms with Crippen LogP contribution in [0.5, 0.6) is 0 Å². The van der Waals surface area contributed by atoms with Gasteiger partial charge >= 0.3 is 5.63 Å². The van der Waals surface area contributed by atoms with Gasteiger partial charge in [0, 0.05) is 11.5 Å². The van der Waals surface area contributed by atoms with Gasteiger partial charge in [-0.1, -0.05) is 18.2 Å². The molecule has 0 radical (unpaired) electrons. The van der Waals surface area contributed by atoms with Crippen molar-refractivity contribution in [3.8, 4) is 0 Å². The second-order valence-corrected chi connectivity index (χ2v) is 4.92. The molecule has 1 fully saturated rings. The Morgan fingerprint density at radius 1 is 1.06 bits per heavy atom. The lowest BCUT2D eigenvalue weighted by Gasteiger charge is -2.15. The van der Waals surface area contributed by atoms with Gasteiger partial charge in [0.2, 0.25) is 0 Å². The predicted octanol–water partition coefficient (Wildman–Crippen LogP) is 3.16. The number of hydrogen-bond donors (Lipinski definition) is 0. The molecule has 2 unspecified atom stereocenters. The van der Waals surface area contributed by atoms with Crippen molar-refractivity contribution in [1.82, 2.24) is 0 Å². The topological polar surface area (TPSA) is 30.2 Å². The Bertz CT molecular complexity index is 639. The molecule has 0 N–H and O–H groups in total. The van der Waals surface area contributed by atoms with Crippen LogP contribution in [-0.2, 0) is 0 Å². The Labute approximate surface area is 92.9 Å². The normalized spacial score (nSPS) is 26.2. The van der Waals surface area contributed by atoms with Crippen LogP contribution in [0.25, 0.3) is 10.8 Å². The van der Waals surface area contributed by atoms with Gasteiger partial charge in [-0.25, -0.2) is 4.79 Å². The van der Waals surface area contributed by atoms with Crippen LogP contribution in [0.15, 0.2) is 33.5 Å². The van der Waals surface area contributed by atoms with Crippen LogP contribution in [-0.4, -0.2) is 0 Å². The molecule has 2 bridgehead atoms. The van der Waals surface area contributed by atoms with Crippen LogP contribution in [0.3, 0.4) is 0 Å². The number of fused-ring (bicyclic) bond motifs is 7. The first-order valence-corrected chi connectivity index (χ1v) is 5.90. The fourth-order valence-corrected chi connectivity index (χ4v) is 3.44. The standard InChI is InChI=1S/C14H12O2/c15-14-11-4-2-1-3-10(11)12-8-5-6-9(7-8)13(12)16-14/h1-4,8-9H,5-7H2. The van der Waals surface area contributed by atoms with Crippen LogP contribution in [0, 0.1) is 0 Å². The third-order valence-electron chi connectivity index (χ3n) is 4.12. The van der Waals surface area contributed by atoms with Gasteiger partial charge in [0.1, 0.15) is 5.76 Å². The highest BCUT2D eigenvalue weighted by Gasteiger charge is 2.40. The molecule has 2 aromatic rings. The van der Waals surface area contributed by atoms with Crippen molar-refractivity contribution < 1.29 is 4.42 Å². The number of rotatable bonds is 0. The minimum absolute atomic E-state index is 0.165. The summed E-state index contributed by atoms with van der Waals surface area (Å²) in [7, 11) is 0. The van der Waals surface area contributed by atoms with Crippen molar-refractivity contribution in [2.24, 2.45) is 0 Å². The third-order valence-corrected chi connectivity index (χ3v) is 4.12. The van der Waals surface area contributed by atoms with E-state index in [1.165, 1.54) is 24.8 Å². The highest BCUT2D eigenvalue weighted by Crippen LogP contribution is 2.54.